The van der Waals surface area contributed by atoms with Gasteiger partial charge in [-0.25, -0.2) is 0 Å². The zero-order valence-electron chi connectivity index (χ0n) is 7.92. The van der Waals surface area contributed by atoms with Crippen LogP contribution in [0.1, 0.15) is 26.2 Å². The van der Waals surface area contributed by atoms with E-state index in [1.54, 1.807) is 0 Å². The summed E-state index contributed by atoms with van der Waals surface area (Å²) in [5, 5.41) is 0. The van der Waals surface area contributed by atoms with E-state index in [0.29, 0.717) is 24.9 Å². The van der Waals surface area contributed by atoms with Gasteiger partial charge in [0.15, 0.2) is 0 Å². The van der Waals surface area contributed by atoms with Gasteiger partial charge in [0.05, 0.1) is 0 Å². The number of amides is 1. The maximum Gasteiger partial charge on any atom is 0.222 e. The Bertz CT molecular complexity index is 166. The average Bonchev–Trinajstić information content (AvgIpc) is 2.38. The van der Waals surface area contributed by atoms with Gasteiger partial charge in [0.2, 0.25) is 5.91 Å². The maximum atomic E-state index is 11.2. The fraction of sp³-hybridized carbons (Fsp3) is 0.889. The molecule has 2 unspecified atom stereocenters. The number of hydrogen-bond acceptors (Lipinski definition) is 2. The van der Waals surface area contributed by atoms with Crippen molar-refractivity contribution in [1.82, 2.24) is 4.90 Å². The molecular formula is C9H18N2O. The van der Waals surface area contributed by atoms with Crippen LogP contribution in [0.4, 0.5) is 0 Å². The van der Waals surface area contributed by atoms with Crippen molar-refractivity contribution in [3.05, 3.63) is 0 Å². The lowest BCUT2D eigenvalue weighted by Gasteiger charge is -2.27. The first kappa shape index (κ1) is 9.52. The SMILES string of the molecule is CCC(CN)C1CCC(=O)N1C. The van der Waals surface area contributed by atoms with E-state index in [0.717, 1.165) is 12.8 Å². The molecule has 1 amide bonds. The van der Waals surface area contributed by atoms with E-state index < -0.39 is 0 Å². The first-order chi connectivity index (χ1) is 5.70. The number of likely N-dealkylation sites (tertiary alicyclic amines) is 1. The Morgan fingerprint density at radius 3 is 2.75 bits per heavy atom. The quantitative estimate of drug-likeness (QED) is 0.674. The van der Waals surface area contributed by atoms with E-state index in [4.69, 9.17) is 5.73 Å². The summed E-state index contributed by atoms with van der Waals surface area (Å²) in [6.07, 6.45) is 2.77. The fourth-order valence-corrected chi connectivity index (χ4v) is 1.97. The van der Waals surface area contributed by atoms with Crippen molar-refractivity contribution in [2.75, 3.05) is 13.6 Å². The van der Waals surface area contributed by atoms with E-state index in [1.807, 2.05) is 11.9 Å². The van der Waals surface area contributed by atoms with E-state index in [-0.39, 0.29) is 5.91 Å². The molecule has 1 fully saturated rings. The molecule has 0 saturated carbocycles. The summed E-state index contributed by atoms with van der Waals surface area (Å²) in [7, 11) is 1.89. The minimum atomic E-state index is 0.270. The average molecular weight is 170 g/mol. The molecule has 2 N–H and O–H groups in total. The van der Waals surface area contributed by atoms with Gasteiger partial charge < -0.3 is 10.6 Å². The Labute approximate surface area is 73.9 Å². The fourth-order valence-electron chi connectivity index (χ4n) is 1.97. The number of hydrogen-bond donors (Lipinski definition) is 1. The van der Waals surface area contributed by atoms with Crippen LogP contribution in [0.5, 0.6) is 0 Å². The predicted octanol–water partition coefficient (Wildman–Crippen LogP) is 0.592. The lowest BCUT2D eigenvalue weighted by molar-refractivity contribution is -0.128. The summed E-state index contributed by atoms with van der Waals surface area (Å²) in [6.45, 7) is 2.83. The Morgan fingerprint density at radius 2 is 2.42 bits per heavy atom. The second-order valence-corrected chi connectivity index (χ2v) is 3.51. The van der Waals surface area contributed by atoms with Crippen molar-refractivity contribution in [2.45, 2.75) is 32.2 Å². The lowest BCUT2D eigenvalue weighted by atomic mass is 9.95. The van der Waals surface area contributed by atoms with Gasteiger partial charge in [0, 0.05) is 19.5 Å². The molecule has 0 aliphatic carbocycles. The van der Waals surface area contributed by atoms with Crippen LogP contribution in [0.2, 0.25) is 0 Å². The number of nitrogens with two attached hydrogens (primary N) is 1. The molecule has 3 heteroatoms. The van der Waals surface area contributed by atoms with E-state index in [2.05, 4.69) is 6.92 Å². The first-order valence-corrected chi connectivity index (χ1v) is 4.66. The van der Waals surface area contributed by atoms with Crippen LogP contribution in [-0.4, -0.2) is 30.4 Å². The van der Waals surface area contributed by atoms with Gasteiger partial charge in [0.25, 0.3) is 0 Å². The van der Waals surface area contributed by atoms with Crippen molar-refractivity contribution in [3.63, 3.8) is 0 Å². The summed E-state index contributed by atoms with van der Waals surface area (Å²) in [4.78, 5) is 13.1. The molecule has 0 spiro atoms. The highest BCUT2D eigenvalue weighted by Gasteiger charge is 2.32. The molecule has 1 aliphatic heterocycles. The summed E-state index contributed by atoms with van der Waals surface area (Å²) in [6, 6.07) is 0.396. The van der Waals surface area contributed by atoms with Gasteiger partial charge in [-0.2, -0.15) is 0 Å². The Hall–Kier alpha value is -0.570. The van der Waals surface area contributed by atoms with Crippen LogP contribution in [0.15, 0.2) is 0 Å². The van der Waals surface area contributed by atoms with Crippen molar-refractivity contribution in [2.24, 2.45) is 11.7 Å². The van der Waals surface area contributed by atoms with Crippen LogP contribution in [0, 0.1) is 5.92 Å². The third kappa shape index (κ3) is 1.61. The highest BCUT2D eigenvalue weighted by Crippen LogP contribution is 2.24. The van der Waals surface area contributed by atoms with E-state index in [1.165, 1.54) is 0 Å². The third-order valence-electron chi connectivity index (χ3n) is 2.92. The lowest BCUT2D eigenvalue weighted by Crippen LogP contribution is -2.38. The summed E-state index contributed by atoms with van der Waals surface area (Å²) < 4.78 is 0. The maximum absolute atomic E-state index is 11.2. The Balaban J connectivity index is 2.57. The summed E-state index contributed by atoms with van der Waals surface area (Å²) in [5.41, 5.74) is 5.63. The Morgan fingerprint density at radius 1 is 1.75 bits per heavy atom. The molecule has 1 saturated heterocycles. The van der Waals surface area contributed by atoms with Gasteiger partial charge in [-0.15, -0.1) is 0 Å². The molecule has 1 rings (SSSR count). The smallest absolute Gasteiger partial charge is 0.222 e. The van der Waals surface area contributed by atoms with Crippen LogP contribution >= 0.6 is 0 Å². The number of carbonyl (C=O) groups excluding carboxylic acids is 1. The summed E-state index contributed by atoms with van der Waals surface area (Å²) >= 11 is 0. The minimum absolute atomic E-state index is 0.270. The topological polar surface area (TPSA) is 46.3 Å². The van der Waals surface area contributed by atoms with Crippen LogP contribution < -0.4 is 5.73 Å². The van der Waals surface area contributed by atoms with E-state index in [9.17, 15) is 4.79 Å². The van der Waals surface area contributed by atoms with Crippen LogP contribution in [0.3, 0.4) is 0 Å². The van der Waals surface area contributed by atoms with Crippen LogP contribution in [-0.2, 0) is 4.79 Å². The molecule has 0 aromatic carbocycles. The number of rotatable bonds is 3. The van der Waals surface area contributed by atoms with Crippen molar-refractivity contribution in [1.29, 1.82) is 0 Å². The number of nitrogens with zero attached hydrogens (tertiary/aromatic N) is 1. The highest BCUT2D eigenvalue weighted by atomic mass is 16.2. The van der Waals surface area contributed by atoms with Crippen LogP contribution in [0.25, 0.3) is 0 Å². The molecule has 12 heavy (non-hydrogen) atoms. The minimum Gasteiger partial charge on any atom is -0.342 e. The molecular weight excluding hydrogens is 152 g/mol. The predicted molar refractivity (Wildman–Crippen MR) is 48.6 cm³/mol. The molecule has 70 valence electrons. The molecule has 3 nitrogen and oxygen atoms in total. The van der Waals surface area contributed by atoms with Gasteiger partial charge in [0.1, 0.15) is 0 Å². The third-order valence-corrected chi connectivity index (χ3v) is 2.92. The number of carbonyl (C=O) groups is 1. The second kappa shape index (κ2) is 3.90. The first-order valence-electron chi connectivity index (χ1n) is 4.66. The largest absolute Gasteiger partial charge is 0.342 e. The Kier molecular flexibility index (Phi) is 3.09. The molecule has 0 aromatic rings. The van der Waals surface area contributed by atoms with Crippen molar-refractivity contribution >= 4 is 5.91 Å². The monoisotopic (exact) mass is 170 g/mol. The normalized spacial score (nSPS) is 26.4. The molecule has 0 bridgehead atoms. The molecule has 1 aliphatic rings. The van der Waals surface area contributed by atoms with E-state index >= 15 is 0 Å². The van der Waals surface area contributed by atoms with Gasteiger partial charge in [-0.1, -0.05) is 13.3 Å². The molecule has 1 heterocycles. The van der Waals surface area contributed by atoms with Gasteiger partial charge >= 0.3 is 0 Å². The van der Waals surface area contributed by atoms with Crippen molar-refractivity contribution in [3.8, 4) is 0 Å². The highest BCUT2D eigenvalue weighted by molar-refractivity contribution is 5.78. The molecule has 2 atom stereocenters. The van der Waals surface area contributed by atoms with Gasteiger partial charge in [-0.05, 0) is 18.9 Å². The van der Waals surface area contributed by atoms with Crippen molar-refractivity contribution < 1.29 is 4.79 Å². The molecule has 0 radical (unpaired) electrons. The zero-order chi connectivity index (χ0) is 9.14. The summed E-state index contributed by atoms with van der Waals surface area (Å²) in [5.74, 6) is 0.758. The van der Waals surface area contributed by atoms with Gasteiger partial charge in [-0.3, -0.25) is 4.79 Å². The molecule has 0 aromatic heterocycles. The second-order valence-electron chi connectivity index (χ2n) is 3.51. The standard InChI is InChI=1S/C9H18N2O/c1-3-7(6-10)8-4-5-9(12)11(8)2/h7-8H,3-6,10H2,1-2H3. The zero-order valence-corrected chi connectivity index (χ0v) is 7.92.